The van der Waals surface area contributed by atoms with E-state index in [4.69, 9.17) is 0 Å². The van der Waals surface area contributed by atoms with Gasteiger partial charge in [0, 0.05) is 15.8 Å². The first kappa shape index (κ1) is 18.1. The van der Waals surface area contributed by atoms with E-state index in [1.54, 1.807) is 11.8 Å². The number of nitrogens with one attached hydrogen (secondary N) is 1. The fraction of sp³-hybridized carbons (Fsp3) is 0.167. The Hall–Kier alpha value is -1.70. The van der Waals surface area contributed by atoms with Gasteiger partial charge >= 0.3 is 0 Å². The summed E-state index contributed by atoms with van der Waals surface area (Å²) in [5.41, 5.74) is 4.10. The molecule has 0 unspecified atom stereocenters. The second kappa shape index (κ2) is 8.12. The minimum atomic E-state index is -0.163. The van der Waals surface area contributed by atoms with Gasteiger partial charge in [0.1, 0.15) is 0 Å². The van der Waals surface area contributed by atoms with Crippen molar-refractivity contribution >= 4 is 50.1 Å². The van der Waals surface area contributed by atoms with Gasteiger partial charge in [-0.05, 0) is 54.8 Å². The van der Waals surface area contributed by atoms with Crippen molar-refractivity contribution in [3.05, 3.63) is 69.2 Å². The SMILES string of the molecule is Cc1ccc(C(=O)Nc2nnc(SCc3ccc(Br)cc3)s2)cc1C. The minimum Gasteiger partial charge on any atom is -0.296 e. The molecule has 0 aliphatic rings. The highest BCUT2D eigenvalue weighted by molar-refractivity contribution is 9.10. The summed E-state index contributed by atoms with van der Waals surface area (Å²) in [4.78, 5) is 12.3. The summed E-state index contributed by atoms with van der Waals surface area (Å²) in [6.45, 7) is 4.02. The van der Waals surface area contributed by atoms with Crippen LogP contribution in [-0.4, -0.2) is 16.1 Å². The number of carbonyl (C=O) groups is 1. The van der Waals surface area contributed by atoms with Crippen molar-refractivity contribution in [2.24, 2.45) is 0 Å². The summed E-state index contributed by atoms with van der Waals surface area (Å²) in [6, 6.07) is 13.8. The molecule has 0 aliphatic heterocycles. The molecule has 2 aromatic carbocycles. The normalized spacial score (nSPS) is 10.7. The van der Waals surface area contributed by atoms with Crippen LogP contribution in [0.1, 0.15) is 27.0 Å². The molecule has 3 aromatic rings. The Bertz CT molecular complexity index is 894. The van der Waals surface area contributed by atoms with E-state index in [0.717, 1.165) is 20.1 Å². The van der Waals surface area contributed by atoms with Crippen molar-refractivity contribution in [3.63, 3.8) is 0 Å². The number of benzene rings is 2. The van der Waals surface area contributed by atoms with Gasteiger partial charge in [-0.2, -0.15) is 0 Å². The Morgan fingerprint density at radius 2 is 1.88 bits per heavy atom. The number of hydrogen-bond donors (Lipinski definition) is 1. The molecule has 0 saturated heterocycles. The number of thioether (sulfide) groups is 1. The fourth-order valence-corrected chi connectivity index (χ4v) is 4.06. The molecule has 0 fully saturated rings. The molecule has 0 aliphatic carbocycles. The predicted octanol–water partition coefficient (Wildman–Crippen LogP) is 5.46. The number of aryl methyl sites for hydroxylation is 2. The molecule has 4 nitrogen and oxygen atoms in total. The summed E-state index contributed by atoms with van der Waals surface area (Å²) in [6.07, 6.45) is 0. The number of anilines is 1. The molecule has 0 atom stereocenters. The molecule has 0 saturated carbocycles. The van der Waals surface area contributed by atoms with E-state index in [0.29, 0.717) is 10.7 Å². The highest BCUT2D eigenvalue weighted by atomic mass is 79.9. The van der Waals surface area contributed by atoms with E-state index < -0.39 is 0 Å². The van der Waals surface area contributed by atoms with Crippen molar-refractivity contribution in [1.29, 1.82) is 0 Å². The van der Waals surface area contributed by atoms with Gasteiger partial charge in [0.05, 0.1) is 0 Å². The minimum absolute atomic E-state index is 0.163. The number of aromatic nitrogens is 2. The number of rotatable bonds is 5. The predicted molar refractivity (Wildman–Crippen MR) is 107 cm³/mol. The van der Waals surface area contributed by atoms with Crippen LogP contribution in [0.15, 0.2) is 51.3 Å². The van der Waals surface area contributed by atoms with E-state index >= 15 is 0 Å². The molecule has 0 radical (unpaired) electrons. The van der Waals surface area contributed by atoms with Crippen LogP contribution < -0.4 is 5.32 Å². The average molecular weight is 434 g/mol. The molecular formula is C18H16BrN3OS2. The zero-order chi connectivity index (χ0) is 17.8. The average Bonchev–Trinajstić information content (AvgIpc) is 3.04. The van der Waals surface area contributed by atoms with Crippen LogP contribution in [0.4, 0.5) is 5.13 Å². The van der Waals surface area contributed by atoms with Gasteiger partial charge in [-0.3, -0.25) is 10.1 Å². The van der Waals surface area contributed by atoms with Gasteiger partial charge in [0.15, 0.2) is 4.34 Å². The first-order valence-corrected chi connectivity index (χ1v) is 10.2. The zero-order valence-electron chi connectivity index (χ0n) is 13.7. The monoisotopic (exact) mass is 433 g/mol. The Labute approximate surface area is 163 Å². The number of halogens is 1. The Kier molecular flexibility index (Phi) is 5.88. The molecule has 0 spiro atoms. The van der Waals surface area contributed by atoms with E-state index in [1.807, 2.05) is 44.2 Å². The van der Waals surface area contributed by atoms with Gasteiger partial charge < -0.3 is 0 Å². The van der Waals surface area contributed by atoms with Gasteiger partial charge in [-0.1, -0.05) is 57.2 Å². The van der Waals surface area contributed by atoms with E-state index in [2.05, 4.69) is 43.6 Å². The molecule has 0 bridgehead atoms. The Morgan fingerprint density at radius 1 is 1.12 bits per heavy atom. The first-order chi connectivity index (χ1) is 12.0. The third kappa shape index (κ3) is 4.90. The molecule has 7 heteroatoms. The summed E-state index contributed by atoms with van der Waals surface area (Å²) in [5, 5.41) is 11.5. The van der Waals surface area contributed by atoms with Gasteiger partial charge in [-0.15, -0.1) is 10.2 Å². The summed E-state index contributed by atoms with van der Waals surface area (Å²) in [7, 11) is 0. The lowest BCUT2D eigenvalue weighted by Gasteiger charge is -2.04. The Morgan fingerprint density at radius 3 is 2.60 bits per heavy atom. The van der Waals surface area contributed by atoms with E-state index in [1.165, 1.54) is 22.5 Å². The largest absolute Gasteiger partial charge is 0.296 e. The molecule has 128 valence electrons. The maximum Gasteiger partial charge on any atom is 0.257 e. The summed E-state index contributed by atoms with van der Waals surface area (Å²) >= 11 is 6.42. The van der Waals surface area contributed by atoms with Crippen LogP contribution in [0, 0.1) is 13.8 Å². The standard InChI is InChI=1S/C18H16BrN3OS2/c1-11-3-6-14(9-12(11)2)16(23)20-17-21-22-18(25-17)24-10-13-4-7-15(19)8-5-13/h3-9H,10H2,1-2H3,(H,20,21,23). The van der Waals surface area contributed by atoms with Gasteiger partial charge in [0.2, 0.25) is 5.13 Å². The fourth-order valence-electron chi connectivity index (χ4n) is 2.10. The lowest BCUT2D eigenvalue weighted by Crippen LogP contribution is -2.12. The smallest absolute Gasteiger partial charge is 0.257 e. The van der Waals surface area contributed by atoms with Crippen molar-refractivity contribution < 1.29 is 4.79 Å². The quantitative estimate of drug-likeness (QED) is 0.428. The molecule has 1 N–H and O–H groups in total. The van der Waals surface area contributed by atoms with Crippen LogP contribution in [-0.2, 0) is 5.75 Å². The van der Waals surface area contributed by atoms with Crippen LogP contribution in [0.3, 0.4) is 0 Å². The summed E-state index contributed by atoms with van der Waals surface area (Å²) < 4.78 is 1.90. The lowest BCUT2D eigenvalue weighted by atomic mass is 10.1. The molecule has 1 heterocycles. The number of amides is 1. The lowest BCUT2D eigenvalue weighted by molar-refractivity contribution is 0.102. The number of nitrogens with zero attached hydrogens (tertiary/aromatic N) is 2. The van der Waals surface area contributed by atoms with Crippen molar-refractivity contribution in [3.8, 4) is 0 Å². The van der Waals surface area contributed by atoms with Crippen molar-refractivity contribution in [1.82, 2.24) is 10.2 Å². The third-order valence-electron chi connectivity index (χ3n) is 3.67. The van der Waals surface area contributed by atoms with Crippen LogP contribution in [0.2, 0.25) is 0 Å². The molecule has 1 aromatic heterocycles. The van der Waals surface area contributed by atoms with Crippen LogP contribution in [0.25, 0.3) is 0 Å². The molecule has 3 rings (SSSR count). The van der Waals surface area contributed by atoms with Crippen LogP contribution >= 0.6 is 39.0 Å². The first-order valence-electron chi connectivity index (χ1n) is 7.60. The Balaban J connectivity index is 1.60. The highest BCUT2D eigenvalue weighted by Gasteiger charge is 2.11. The number of carbonyl (C=O) groups excluding carboxylic acids is 1. The highest BCUT2D eigenvalue weighted by Crippen LogP contribution is 2.29. The molecular weight excluding hydrogens is 418 g/mol. The second-order valence-electron chi connectivity index (χ2n) is 5.54. The molecule has 25 heavy (non-hydrogen) atoms. The van der Waals surface area contributed by atoms with Gasteiger partial charge in [0.25, 0.3) is 5.91 Å². The van der Waals surface area contributed by atoms with Gasteiger partial charge in [-0.25, -0.2) is 0 Å². The van der Waals surface area contributed by atoms with Crippen LogP contribution in [0.5, 0.6) is 0 Å². The third-order valence-corrected chi connectivity index (χ3v) is 6.24. The van der Waals surface area contributed by atoms with E-state index in [9.17, 15) is 4.79 Å². The van der Waals surface area contributed by atoms with Crippen molar-refractivity contribution in [2.75, 3.05) is 5.32 Å². The maximum atomic E-state index is 12.3. The maximum absolute atomic E-state index is 12.3. The number of hydrogen-bond acceptors (Lipinski definition) is 5. The van der Waals surface area contributed by atoms with E-state index in [-0.39, 0.29) is 5.91 Å². The van der Waals surface area contributed by atoms with Crippen molar-refractivity contribution in [2.45, 2.75) is 23.9 Å². The topological polar surface area (TPSA) is 54.9 Å². The summed E-state index contributed by atoms with van der Waals surface area (Å²) in [5.74, 6) is 0.649. The molecule has 1 amide bonds. The zero-order valence-corrected chi connectivity index (χ0v) is 17.0. The second-order valence-corrected chi connectivity index (χ2v) is 8.66.